The van der Waals surface area contributed by atoms with Crippen LogP contribution in [0.15, 0.2) is 24.5 Å². The molecule has 0 radical (unpaired) electrons. The summed E-state index contributed by atoms with van der Waals surface area (Å²) in [4.78, 5) is 15.2. The molecule has 1 unspecified atom stereocenters. The lowest BCUT2D eigenvalue weighted by atomic mass is 10.2. The first kappa shape index (κ1) is 9.99. The van der Waals surface area contributed by atoms with Crippen molar-refractivity contribution in [3.8, 4) is 0 Å². The minimum atomic E-state index is -0.116. The normalized spacial score (nSPS) is 12.2. The fraction of sp³-hybridized carbons (Fsp3) is 0.333. The van der Waals surface area contributed by atoms with E-state index in [1.807, 2.05) is 6.92 Å². The van der Waals surface area contributed by atoms with Gasteiger partial charge in [0.15, 0.2) is 0 Å². The van der Waals surface area contributed by atoms with Crippen molar-refractivity contribution in [3.63, 3.8) is 0 Å². The van der Waals surface area contributed by atoms with Gasteiger partial charge in [-0.25, -0.2) is 0 Å². The van der Waals surface area contributed by atoms with Crippen molar-refractivity contribution in [2.24, 2.45) is 0 Å². The van der Waals surface area contributed by atoms with Gasteiger partial charge in [0.25, 0.3) is 5.91 Å². The summed E-state index contributed by atoms with van der Waals surface area (Å²) in [5.41, 5.74) is 0.604. The maximum absolute atomic E-state index is 11.4. The van der Waals surface area contributed by atoms with Crippen LogP contribution in [0, 0.1) is 0 Å². The highest BCUT2D eigenvalue weighted by atomic mass is 35.5. The van der Waals surface area contributed by atoms with Gasteiger partial charge in [-0.2, -0.15) is 0 Å². The van der Waals surface area contributed by atoms with E-state index < -0.39 is 0 Å². The van der Waals surface area contributed by atoms with Gasteiger partial charge in [-0.1, -0.05) is 0 Å². The second-order valence-electron chi connectivity index (χ2n) is 2.73. The number of hydrogen-bond acceptors (Lipinski definition) is 2. The molecule has 1 atom stereocenters. The number of halogens is 1. The first-order valence-electron chi connectivity index (χ1n) is 4.02. The lowest BCUT2D eigenvalue weighted by Gasteiger charge is -2.05. The molecule has 0 spiro atoms. The number of nitrogens with one attached hydrogen (secondary N) is 1. The van der Waals surface area contributed by atoms with Gasteiger partial charge < -0.3 is 5.32 Å². The Morgan fingerprint density at radius 1 is 1.62 bits per heavy atom. The van der Waals surface area contributed by atoms with Crippen LogP contribution in [-0.2, 0) is 0 Å². The summed E-state index contributed by atoms with van der Waals surface area (Å²) in [7, 11) is 0. The third kappa shape index (κ3) is 3.42. The molecule has 1 aromatic rings. The van der Waals surface area contributed by atoms with Crippen molar-refractivity contribution < 1.29 is 4.79 Å². The van der Waals surface area contributed by atoms with Gasteiger partial charge in [0.2, 0.25) is 0 Å². The summed E-state index contributed by atoms with van der Waals surface area (Å²) < 4.78 is 0. The van der Waals surface area contributed by atoms with Gasteiger partial charge in [-0.15, -0.1) is 11.6 Å². The lowest BCUT2D eigenvalue weighted by Crippen LogP contribution is -2.28. The maximum Gasteiger partial charge on any atom is 0.251 e. The van der Waals surface area contributed by atoms with Gasteiger partial charge in [-0.3, -0.25) is 9.78 Å². The monoisotopic (exact) mass is 198 g/mol. The third-order valence-corrected chi connectivity index (χ3v) is 1.64. The molecular formula is C9H11ClN2O. The average Bonchev–Trinajstić information content (AvgIpc) is 2.15. The molecule has 1 N–H and O–H groups in total. The van der Waals surface area contributed by atoms with Crippen molar-refractivity contribution in [1.29, 1.82) is 0 Å². The summed E-state index contributed by atoms with van der Waals surface area (Å²) in [6.45, 7) is 2.30. The van der Waals surface area contributed by atoms with Gasteiger partial charge >= 0.3 is 0 Å². The Bertz CT molecular complexity index is 274. The molecule has 3 nitrogen and oxygen atoms in total. The number of carbonyl (C=O) groups excluding carboxylic acids is 1. The molecular weight excluding hydrogens is 188 g/mol. The minimum absolute atomic E-state index is 0.0502. The second kappa shape index (κ2) is 4.82. The molecule has 1 amide bonds. The van der Waals surface area contributed by atoms with E-state index >= 15 is 0 Å². The van der Waals surface area contributed by atoms with Crippen LogP contribution in [0.1, 0.15) is 17.3 Å². The van der Waals surface area contributed by atoms with Crippen LogP contribution in [0.5, 0.6) is 0 Å². The zero-order chi connectivity index (χ0) is 9.68. The SMILES string of the molecule is CC(Cl)CNC(=O)c1ccncc1. The largest absolute Gasteiger partial charge is 0.351 e. The van der Waals surface area contributed by atoms with Crippen LogP contribution < -0.4 is 5.32 Å². The van der Waals surface area contributed by atoms with Crippen LogP contribution in [-0.4, -0.2) is 22.8 Å². The van der Waals surface area contributed by atoms with Crippen LogP contribution in [0.25, 0.3) is 0 Å². The molecule has 0 saturated heterocycles. The highest BCUT2D eigenvalue weighted by Crippen LogP contribution is 1.96. The van der Waals surface area contributed by atoms with Gasteiger partial charge in [-0.05, 0) is 19.1 Å². The van der Waals surface area contributed by atoms with Crippen molar-refractivity contribution >= 4 is 17.5 Å². The molecule has 1 heterocycles. The zero-order valence-electron chi connectivity index (χ0n) is 7.33. The Morgan fingerprint density at radius 2 is 2.23 bits per heavy atom. The summed E-state index contributed by atoms with van der Waals surface area (Å²) >= 11 is 5.68. The quantitative estimate of drug-likeness (QED) is 0.747. The number of alkyl halides is 1. The van der Waals surface area contributed by atoms with E-state index in [-0.39, 0.29) is 11.3 Å². The van der Waals surface area contributed by atoms with Gasteiger partial charge in [0, 0.05) is 29.9 Å². The zero-order valence-corrected chi connectivity index (χ0v) is 8.08. The van der Waals surface area contributed by atoms with Crippen LogP contribution in [0.3, 0.4) is 0 Å². The van der Waals surface area contributed by atoms with Crippen LogP contribution in [0.2, 0.25) is 0 Å². The maximum atomic E-state index is 11.4. The molecule has 0 fully saturated rings. The van der Waals surface area contributed by atoms with Crippen molar-refractivity contribution in [2.75, 3.05) is 6.54 Å². The van der Waals surface area contributed by atoms with E-state index in [0.717, 1.165) is 0 Å². The molecule has 70 valence electrons. The topological polar surface area (TPSA) is 42.0 Å². The second-order valence-corrected chi connectivity index (χ2v) is 3.47. The van der Waals surface area contributed by atoms with Crippen molar-refractivity contribution in [3.05, 3.63) is 30.1 Å². The number of amides is 1. The van der Waals surface area contributed by atoms with Crippen LogP contribution in [0.4, 0.5) is 0 Å². The highest BCUT2D eigenvalue weighted by molar-refractivity contribution is 6.20. The van der Waals surface area contributed by atoms with Gasteiger partial charge in [0.1, 0.15) is 0 Å². The van der Waals surface area contributed by atoms with Gasteiger partial charge in [0.05, 0.1) is 0 Å². The first-order chi connectivity index (χ1) is 6.20. The number of nitrogens with zero attached hydrogens (tertiary/aromatic N) is 1. The standard InChI is InChI=1S/C9H11ClN2O/c1-7(10)6-12-9(13)8-2-4-11-5-3-8/h2-5,7H,6H2,1H3,(H,12,13). The summed E-state index contributed by atoms with van der Waals surface area (Å²) in [6, 6.07) is 3.32. The van der Waals surface area contributed by atoms with E-state index in [0.29, 0.717) is 12.1 Å². The molecule has 0 aliphatic heterocycles. The third-order valence-electron chi connectivity index (χ3n) is 1.49. The Balaban J connectivity index is 2.50. The summed E-state index contributed by atoms with van der Waals surface area (Å²) in [5.74, 6) is -0.116. The highest BCUT2D eigenvalue weighted by Gasteiger charge is 2.04. The van der Waals surface area contributed by atoms with Crippen molar-refractivity contribution in [1.82, 2.24) is 10.3 Å². The first-order valence-corrected chi connectivity index (χ1v) is 4.46. The lowest BCUT2D eigenvalue weighted by molar-refractivity contribution is 0.0954. The number of carbonyl (C=O) groups is 1. The molecule has 0 bridgehead atoms. The molecule has 1 rings (SSSR count). The molecule has 13 heavy (non-hydrogen) atoms. The predicted octanol–water partition coefficient (Wildman–Crippen LogP) is 1.44. The Hall–Kier alpha value is -1.09. The molecule has 0 aromatic carbocycles. The predicted molar refractivity (Wildman–Crippen MR) is 51.9 cm³/mol. The molecule has 0 aliphatic rings. The van der Waals surface area contributed by atoms with E-state index in [2.05, 4.69) is 10.3 Å². The fourth-order valence-electron chi connectivity index (χ4n) is 0.839. The summed E-state index contributed by atoms with van der Waals surface area (Å²) in [5, 5.41) is 2.65. The number of hydrogen-bond donors (Lipinski definition) is 1. The molecule has 1 aromatic heterocycles. The Labute approximate surface area is 82.1 Å². The summed E-state index contributed by atoms with van der Waals surface area (Å²) in [6.07, 6.45) is 3.16. The minimum Gasteiger partial charge on any atom is -0.351 e. The smallest absolute Gasteiger partial charge is 0.251 e. The fourth-order valence-corrected chi connectivity index (χ4v) is 0.916. The van der Waals surface area contributed by atoms with E-state index in [9.17, 15) is 4.79 Å². The molecule has 4 heteroatoms. The number of rotatable bonds is 3. The number of pyridine rings is 1. The van der Waals surface area contributed by atoms with E-state index in [1.54, 1.807) is 24.5 Å². The molecule has 0 aliphatic carbocycles. The Kier molecular flexibility index (Phi) is 3.71. The number of aromatic nitrogens is 1. The van der Waals surface area contributed by atoms with Crippen molar-refractivity contribution in [2.45, 2.75) is 12.3 Å². The Morgan fingerprint density at radius 3 is 2.77 bits per heavy atom. The van der Waals surface area contributed by atoms with E-state index in [4.69, 9.17) is 11.6 Å². The van der Waals surface area contributed by atoms with E-state index in [1.165, 1.54) is 0 Å². The molecule has 0 saturated carbocycles. The average molecular weight is 199 g/mol. The van der Waals surface area contributed by atoms with Crippen LogP contribution >= 0.6 is 11.6 Å².